The van der Waals surface area contributed by atoms with Gasteiger partial charge in [-0.2, -0.15) is 0 Å². The molecule has 0 atom stereocenters. The van der Waals surface area contributed by atoms with Crippen LogP contribution in [0.1, 0.15) is 33.1 Å². The molecule has 0 fully saturated rings. The van der Waals surface area contributed by atoms with Crippen LogP contribution in [0.2, 0.25) is 5.02 Å². The fraction of sp³-hybridized carbons (Fsp3) is 0.500. The average molecular weight is 287 g/mol. The monoisotopic (exact) mass is 286 g/mol. The van der Waals surface area contributed by atoms with Crippen LogP contribution in [0.5, 0.6) is 0 Å². The first-order valence-electron chi connectivity index (χ1n) is 6.29. The summed E-state index contributed by atoms with van der Waals surface area (Å²) in [7, 11) is 0. The molecule has 0 bridgehead atoms. The van der Waals surface area contributed by atoms with E-state index in [0.29, 0.717) is 18.7 Å². The third-order valence-electron chi connectivity index (χ3n) is 3.06. The van der Waals surface area contributed by atoms with Crippen LogP contribution in [0.3, 0.4) is 0 Å². The highest BCUT2D eigenvalue weighted by Gasteiger charge is 2.18. The summed E-state index contributed by atoms with van der Waals surface area (Å²) >= 11 is 5.84. The molecule has 0 unspecified atom stereocenters. The Morgan fingerprint density at radius 2 is 2.11 bits per heavy atom. The van der Waals surface area contributed by atoms with Crippen molar-refractivity contribution in [1.82, 2.24) is 0 Å². The third-order valence-corrected chi connectivity index (χ3v) is 3.37. The summed E-state index contributed by atoms with van der Waals surface area (Å²) in [5.74, 6) is -0.550. The zero-order valence-electron chi connectivity index (χ0n) is 11.3. The molecule has 3 nitrogen and oxygen atoms in total. The van der Waals surface area contributed by atoms with E-state index < -0.39 is 5.82 Å². The summed E-state index contributed by atoms with van der Waals surface area (Å²) in [6, 6.07) is 3.90. The number of nitrogens with two attached hydrogens (primary N) is 1. The van der Waals surface area contributed by atoms with Gasteiger partial charge in [0, 0.05) is 6.42 Å². The minimum absolute atomic E-state index is 0.0404. The molecule has 0 aliphatic rings. The number of amides is 1. The van der Waals surface area contributed by atoms with E-state index in [1.165, 1.54) is 18.2 Å². The van der Waals surface area contributed by atoms with Crippen LogP contribution in [-0.4, -0.2) is 12.5 Å². The molecular weight excluding hydrogens is 267 g/mol. The molecule has 0 saturated heterocycles. The van der Waals surface area contributed by atoms with Gasteiger partial charge in [-0.15, -0.1) is 0 Å². The van der Waals surface area contributed by atoms with Crippen LogP contribution in [0.25, 0.3) is 0 Å². The largest absolute Gasteiger partial charge is 0.330 e. The zero-order chi connectivity index (χ0) is 14.5. The molecule has 0 aliphatic carbocycles. The maximum absolute atomic E-state index is 12.9. The number of benzene rings is 1. The first kappa shape index (κ1) is 15.9. The van der Waals surface area contributed by atoms with E-state index in [9.17, 15) is 9.18 Å². The Bertz CT molecular complexity index is 449. The molecule has 1 aromatic carbocycles. The maximum atomic E-state index is 12.9. The highest BCUT2D eigenvalue weighted by atomic mass is 35.5. The average Bonchev–Trinajstić information content (AvgIpc) is 2.30. The predicted molar refractivity (Wildman–Crippen MR) is 76.7 cm³/mol. The highest BCUT2D eigenvalue weighted by Crippen LogP contribution is 2.27. The second-order valence-electron chi connectivity index (χ2n) is 5.38. The molecular formula is C14H20ClFN2O. The number of halogens is 2. The summed E-state index contributed by atoms with van der Waals surface area (Å²) in [4.78, 5) is 11.8. The molecule has 1 rings (SSSR count). The molecule has 1 amide bonds. The van der Waals surface area contributed by atoms with Crippen molar-refractivity contribution in [3.05, 3.63) is 29.0 Å². The lowest BCUT2D eigenvalue weighted by molar-refractivity contribution is -0.116. The van der Waals surface area contributed by atoms with E-state index in [4.69, 9.17) is 17.3 Å². The van der Waals surface area contributed by atoms with Crippen LogP contribution in [0, 0.1) is 11.2 Å². The summed E-state index contributed by atoms with van der Waals surface area (Å²) in [5, 5.41) is 2.89. The van der Waals surface area contributed by atoms with Crippen molar-refractivity contribution in [1.29, 1.82) is 0 Å². The van der Waals surface area contributed by atoms with Gasteiger partial charge < -0.3 is 11.1 Å². The Kier molecular flexibility index (Phi) is 5.76. The van der Waals surface area contributed by atoms with Gasteiger partial charge in [0.1, 0.15) is 5.82 Å². The van der Waals surface area contributed by atoms with E-state index in [1.54, 1.807) is 0 Å². The van der Waals surface area contributed by atoms with Gasteiger partial charge in [-0.3, -0.25) is 4.79 Å². The number of carbonyl (C=O) groups excluding carboxylic acids is 1. The lowest BCUT2D eigenvalue weighted by Crippen LogP contribution is -2.20. The van der Waals surface area contributed by atoms with Crippen molar-refractivity contribution in [2.45, 2.75) is 33.1 Å². The van der Waals surface area contributed by atoms with E-state index in [0.717, 1.165) is 12.8 Å². The molecule has 1 aromatic rings. The van der Waals surface area contributed by atoms with Crippen molar-refractivity contribution in [3.63, 3.8) is 0 Å². The minimum atomic E-state index is -0.424. The number of rotatable bonds is 6. The molecule has 0 aliphatic heterocycles. The van der Waals surface area contributed by atoms with Crippen LogP contribution in [0.4, 0.5) is 10.1 Å². The van der Waals surface area contributed by atoms with Gasteiger partial charge in [0.2, 0.25) is 5.91 Å². The topological polar surface area (TPSA) is 55.1 Å². The smallest absolute Gasteiger partial charge is 0.224 e. The van der Waals surface area contributed by atoms with Crippen LogP contribution in [-0.2, 0) is 4.79 Å². The summed E-state index contributed by atoms with van der Waals surface area (Å²) in [6.07, 6.45) is 2.01. The Morgan fingerprint density at radius 3 is 2.68 bits per heavy atom. The predicted octanol–water partition coefficient (Wildman–Crippen LogP) is 3.57. The van der Waals surface area contributed by atoms with Crippen molar-refractivity contribution >= 4 is 23.2 Å². The van der Waals surface area contributed by atoms with E-state index in [-0.39, 0.29) is 16.3 Å². The number of nitrogens with one attached hydrogen (secondary N) is 1. The van der Waals surface area contributed by atoms with Gasteiger partial charge >= 0.3 is 0 Å². The second kappa shape index (κ2) is 6.87. The lowest BCUT2D eigenvalue weighted by Gasteiger charge is -2.23. The van der Waals surface area contributed by atoms with Crippen molar-refractivity contribution in [2.75, 3.05) is 11.9 Å². The molecule has 19 heavy (non-hydrogen) atoms. The number of carbonyl (C=O) groups is 1. The van der Waals surface area contributed by atoms with Crippen molar-refractivity contribution < 1.29 is 9.18 Å². The number of hydrogen-bond donors (Lipinski definition) is 2. The minimum Gasteiger partial charge on any atom is -0.330 e. The van der Waals surface area contributed by atoms with E-state index in [1.807, 2.05) is 0 Å². The van der Waals surface area contributed by atoms with Crippen LogP contribution in [0.15, 0.2) is 18.2 Å². The van der Waals surface area contributed by atoms with Gasteiger partial charge in [-0.05, 0) is 43.0 Å². The molecule has 0 heterocycles. The Hall–Kier alpha value is -1.13. The number of anilines is 1. The molecule has 0 saturated carbocycles. The van der Waals surface area contributed by atoms with E-state index >= 15 is 0 Å². The highest BCUT2D eigenvalue weighted by molar-refractivity contribution is 6.33. The fourth-order valence-corrected chi connectivity index (χ4v) is 1.99. The van der Waals surface area contributed by atoms with Crippen molar-refractivity contribution in [3.8, 4) is 0 Å². The standard InChI is InChI=1S/C14H20ClFN2O/c1-14(2,7-8-17)6-5-13(19)18-12-4-3-10(16)9-11(12)15/h3-4,9H,5-8,17H2,1-2H3,(H,18,19). The fourth-order valence-electron chi connectivity index (χ4n) is 1.77. The second-order valence-corrected chi connectivity index (χ2v) is 5.78. The van der Waals surface area contributed by atoms with Gasteiger partial charge in [0.25, 0.3) is 0 Å². The first-order chi connectivity index (χ1) is 8.84. The SMILES string of the molecule is CC(C)(CCN)CCC(=O)Nc1ccc(F)cc1Cl. The quantitative estimate of drug-likeness (QED) is 0.840. The Balaban J connectivity index is 2.52. The molecule has 0 spiro atoms. The molecule has 106 valence electrons. The van der Waals surface area contributed by atoms with E-state index in [2.05, 4.69) is 19.2 Å². The molecule has 3 N–H and O–H groups in total. The summed E-state index contributed by atoms with van der Waals surface area (Å²) < 4.78 is 12.9. The third kappa shape index (κ3) is 5.57. The summed E-state index contributed by atoms with van der Waals surface area (Å²) in [6.45, 7) is 4.77. The molecule has 5 heteroatoms. The Labute approximate surface area is 118 Å². The Morgan fingerprint density at radius 1 is 1.42 bits per heavy atom. The molecule has 0 radical (unpaired) electrons. The lowest BCUT2D eigenvalue weighted by atomic mass is 9.84. The van der Waals surface area contributed by atoms with Gasteiger partial charge in [0.15, 0.2) is 0 Å². The zero-order valence-corrected chi connectivity index (χ0v) is 12.1. The number of hydrogen-bond acceptors (Lipinski definition) is 2. The first-order valence-corrected chi connectivity index (χ1v) is 6.67. The normalized spacial score (nSPS) is 11.4. The van der Waals surface area contributed by atoms with Gasteiger partial charge in [-0.1, -0.05) is 25.4 Å². The van der Waals surface area contributed by atoms with Gasteiger partial charge in [0.05, 0.1) is 10.7 Å². The maximum Gasteiger partial charge on any atom is 0.224 e. The van der Waals surface area contributed by atoms with Crippen LogP contribution < -0.4 is 11.1 Å². The van der Waals surface area contributed by atoms with Crippen molar-refractivity contribution in [2.24, 2.45) is 11.1 Å². The summed E-state index contributed by atoms with van der Waals surface area (Å²) in [5.41, 5.74) is 6.00. The van der Waals surface area contributed by atoms with Gasteiger partial charge in [-0.25, -0.2) is 4.39 Å². The molecule has 0 aromatic heterocycles. The van der Waals surface area contributed by atoms with Crippen LogP contribution >= 0.6 is 11.6 Å².